The van der Waals surface area contributed by atoms with Crippen LogP contribution in [0.25, 0.3) is 0 Å². The van der Waals surface area contributed by atoms with Gasteiger partial charge in [0.05, 0.1) is 6.26 Å². The molecule has 1 aliphatic carbocycles. The summed E-state index contributed by atoms with van der Waals surface area (Å²) in [4.78, 5) is 24.8. The van der Waals surface area contributed by atoms with Gasteiger partial charge in [-0.3, -0.25) is 4.79 Å². The number of carboxylic acid groups (broad SMARTS) is 1. The third-order valence-corrected chi connectivity index (χ3v) is 3.28. The number of furan rings is 1. The van der Waals surface area contributed by atoms with Crippen molar-refractivity contribution in [2.75, 3.05) is 6.61 Å². The summed E-state index contributed by atoms with van der Waals surface area (Å²) >= 11 is 0. The second-order valence-electron chi connectivity index (χ2n) is 4.56. The van der Waals surface area contributed by atoms with Gasteiger partial charge in [0.1, 0.15) is 18.4 Å². The van der Waals surface area contributed by atoms with E-state index in [1.165, 1.54) is 6.26 Å². The fourth-order valence-corrected chi connectivity index (χ4v) is 2.36. The minimum absolute atomic E-state index is 0.123. The fourth-order valence-electron chi connectivity index (χ4n) is 2.36. The van der Waals surface area contributed by atoms with Crippen LogP contribution in [-0.2, 0) is 14.3 Å². The van der Waals surface area contributed by atoms with Gasteiger partial charge in [-0.2, -0.15) is 0 Å². The van der Waals surface area contributed by atoms with Gasteiger partial charge in [0.2, 0.25) is 5.91 Å². The van der Waals surface area contributed by atoms with Crippen LogP contribution in [0.2, 0.25) is 0 Å². The van der Waals surface area contributed by atoms with Crippen LogP contribution in [0.4, 0.5) is 0 Å². The lowest BCUT2D eigenvalue weighted by Gasteiger charge is -2.38. The predicted octanol–water partition coefficient (Wildman–Crippen LogP) is 0.795. The standard InChI is InChI=1S/C12H13NO5/c14-9-6-18-11(12(15)16)10(8-2-1-5-17-8)13(9)7-3-4-7/h1-2,5,7,10-11H,3-4,6H2,(H,15,16). The number of aliphatic carboxylic acids is 1. The molecule has 1 saturated heterocycles. The number of ether oxygens (including phenoxy) is 1. The average Bonchev–Trinajstić information content (AvgIpc) is 3.03. The SMILES string of the molecule is O=C(O)C1OCC(=O)N(C2CC2)C1c1ccco1. The van der Waals surface area contributed by atoms with E-state index in [-0.39, 0.29) is 18.6 Å². The van der Waals surface area contributed by atoms with E-state index in [0.29, 0.717) is 5.76 Å². The minimum Gasteiger partial charge on any atom is -0.479 e. The Balaban J connectivity index is 1.98. The first-order chi connectivity index (χ1) is 8.68. The maximum absolute atomic E-state index is 11.9. The van der Waals surface area contributed by atoms with E-state index in [0.717, 1.165) is 12.8 Å². The maximum atomic E-state index is 11.9. The Morgan fingerprint density at radius 1 is 1.44 bits per heavy atom. The Bertz CT molecular complexity index is 465. The van der Waals surface area contributed by atoms with E-state index >= 15 is 0 Å². The third-order valence-electron chi connectivity index (χ3n) is 3.28. The summed E-state index contributed by atoms with van der Waals surface area (Å²) in [5.74, 6) is -0.784. The molecule has 2 unspecified atom stereocenters. The summed E-state index contributed by atoms with van der Waals surface area (Å²) in [6.07, 6.45) is 2.23. The molecule has 6 heteroatoms. The Kier molecular flexibility index (Phi) is 2.59. The lowest BCUT2D eigenvalue weighted by molar-refractivity contribution is -0.175. The summed E-state index contributed by atoms with van der Waals surface area (Å²) in [5, 5.41) is 9.21. The van der Waals surface area contributed by atoms with E-state index in [1.807, 2.05) is 0 Å². The topological polar surface area (TPSA) is 80.0 Å². The van der Waals surface area contributed by atoms with E-state index < -0.39 is 18.1 Å². The molecule has 6 nitrogen and oxygen atoms in total. The van der Waals surface area contributed by atoms with Gasteiger partial charge in [0, 0.05) is 6.04 Å². The molecule has 2 fully saturated rings. The van der Waals surface area contributed by atoms with Gasteiger partial charge < -0.3 is 19.2 Å². The molecule has 2 heterocycles. The average molecular weight is 251 g/mol. The van der Waals surface area contributed by atoms with Gasteiger partial charge in [0.25, 0.3) is 0 Å². The lowest BCUT2D eigenvalue weighted by Crippen LogP contribution is -2.52. The molecule has 1 N–H and O–H groups in total. The van der Waals surface area contributed by atoms with Crippen LogP contribution in [-0.4, -0.2) is 40.6 Å². The van der Waals surface area contributed by atoms with Crippen molar-refractivity contribution >= 4 is 11.9 Å². The Labute approximate surface area is 103 Å². The van der Waals surface area contributed by atoms with Crippen LogP contribution < -0.4 is 0 Å². The molecule has 1 aromatic heterocycles. The van der Waals surface area contributed by atoms with Crippen LogP contribution in [0, 0.1) is 0 Å². The van der Waals surface area contributed by atoms with Gasteiger partial charge in [-0.05, 0) is 25.0 Å². The van der Waals surface area contributed by atoms with E-state index in [9.17, 15) is 14.7 Å². The van der Waals surface area contributed by atoms with Crippen molar-refractivity contribution in [2.45, 2.75) is 31.0 Å². The number of carboxylic acids is 1. The number of nitrogens with zero attached hydrogens (tertiary/aromatic N) is 1. The van der Waals surface area contributed by atoms with Gasteiger partial charge in [0.15, 0.2) is 6.10 Å². The molecule has 0 aromatic carbocycles. The highest BCUT2D eigenvalue weighted by Crippen LogP contribution is 2.39. The van der Waals surface area contributed by atoms with Gasteiger partial charge in [-0.1, -0.05) is 0 Å². The summed E-state index contributed by atoms with van der Waals surface area (Å²) in [6.45, 7) is -0.176. The van der Waals surface area contributed by atoms with E-state index in [4.69, 9.17) is 9.15 Å². The molecule has 1 aliphatic heterocycles. The van der Waals surface area contributed by atoms with Gasteiger partial charge in [-0.25, -0.2) is 4.79 Å². The zero-order valence-corrected chi connectivity index (χ0v) is 9.61. The monoisotopic (exact) mass is 251 g/mol. The second kappa shape index (κ2) is 4.13. The smallest absolute Gasteiger partial charge is 0.335 e. The molecule has 1 aromatic rings. The molecule has 3 rings (SSSR count). The Morgan fingerprint density at radius 2 is 2.22 bits per heavy atom. The molecule has 1 saturated carbocycles. The number of hydrogen-bond donors (Lipinski definition) is 1. The first kappa shape index (κ1) is 11.3. The third kappa shape index (κ3) is 1.78. The summed E-state index contributed by atoms with van der Waals surface area (Å²) in [7, 11) is 0. The van der Waals surface area contributed by atoms with Crippen molar-refractivity contribution in [2.24, 2.45) is 0 Å². The highest BCUT2D eigenvalue weighted by molar-refractivity contribution is 5.83. The molecule has 1 amide bonds. The summed E-state index contributed by atoms with van der Waals surface area (Å²) in [5.41, 5.74) is 0. The number of morpholine rings is 1. The number of carbonyl (C=O) groups excluding carboxylic acids is 1. The van der Waals surface area contributed by atoms with E-state index in [2.05, 4.69) is 0 Å². The number of carbonyl (C=O) groups is 2. The van der Waals surface area contributed by atoms with Gasteiger partial charge >= 0.3 is 5.97 Å². The Hall–Kier alpha value is -1.82. The molecule has 2 atom stereocenters. The summed E-state index contributed by atoms with van der Waals surface area (Å²) < 4.78 is 10.4. The van der Waals surface area contributed by atoms with Crippen LogP contribution in [0.5, 0.6) is 0 Å². The molecular weight excluding hydrogens is 238 g/mol. The van der Waals surface area contributed by atoms with Crippen molar-refractivity contribution in [3.05, 3.63) is 24.2 Å². The normalized spacial score (nSPS) is 28.4. The highest BCUT2D eigenvalue weighted by atomic mass is 16.5. The van der Waals surface area contributed by atoms with Crippen molar-refractivity contribution in [3.8, 4) is 0 Å². The molecule has 18 heavy (non-hydrogen) atoms. The molecule has 96 valence electrons. The lowest BCUT2D eigenvalue weighted by atomic mass is 10.0. The van der Waals surface area contributed by atoms with Crippen molar-refractivity contribution < 1.29 is 23.8 Å². The van der Waals surface area contributed by atoms with Crippen LogP contribution >= 0.6 is 0 Å². The number of amides is 1. The van der Waals surface area contributed by atoms with Crippen LogP contribution in [0.15, 0.2) is 22.8 Å². The van der Waals surface area contributed by atoms with Crippen LogP contribution in [0.1, 0.15) is 24.6 Å². The Morgan fingerprint density at radius 3 is 2.78 bits per heavy atom. The fraction of sp³-hybridized carbons (Fsp3) is 0.500. The van der Waals surface area contributed by atoms with Crippen LogP contribution in [0.3, 0.4) is 0 Å². The quantitative estimate of drug-likeness (QED) is 0.859. The maximum Gasteiger partial charge on any atom is 0.335 e. The zero-order valence-electron chi connectivity index (χ0n) is 9.61. The van der Waals surface area contributed by atoms with Gasteiger partial charge in [-0.15, -0.1) is 0 Å². The highest BCUT2D eigenvalue weighted by Gasteiger charge is 2.48. The number of rotatable bonds is 3. The predicted molar refractivity (Wildman–Crippen MR) is 58.7 cm³/mol. The van der Waals surface area contributed by atoms with Crippen molar-refractivity contribution in [1.29, 1.82) is 0 Å². The summed E-state index contributed by atoms with van der Waals surface area (Å²) in [6, 6.07) is 2.82. The molecular formula is C12H13NO5. The molecule has 0 spiro atoms. The van der Waals surface area contributed by atoms with Crippen molar-refractivity contribution in [1.82, 2.24) is 4.90 Å². The minimum atomic E-state index is -1.07. The van der Waals surface area contributed by atoms with E-state index in [1.54, 1.807) is 17.0 Å². The molecule has 0 radical (unpaired) electrons. The first-order valence-corrected chi connectivity index (χ1v) is 5.87. The zero-order chi connectivity index (χ0) is 12.7. The second-order valence-corrected chi connectivity index (χ2v) is 4.56. The molecule has 2 aliphatic rings. The molecule has 0 bridgehead atoms. The largest absolute Gasteiger partial charge is 0.479 e. The number of hydrogen-bond acceptors (Lipinski definition) is 4. The van der Waals surface area contributed by atoms with Crippen molar-refractivity contribution in [3.63, 3.8) is 0 Å². The first-order valence-electron chi connectivity index (χ1n) is 5.87.